The van der Waals surface area contributed by atoms with Crippen molar-refractivity contribution in [3.63, 3.8) is 0 Å². The van der Waals surface area contributed by atoms with Crippen LogP contribution in [0.4, 0.5) is 5.95 Å². The Labute approximate surface area is 188 Å². The standard InChI is InChI=1S/C26H30N6/c1-3-26(27)13-11-21(12-14-26)30-25-29-15-18(2)24(31-25)22-16-28-23-10-9-20(17-32(22)23)19-7-5-4-6-8-19/h4-10,15-17,21H,3,11-14,27H2,1-2H3,(H,29,30,31). The van der Waals surface area contributed by atoms with E-state index in [0.29, 0.717) is 12.0 Å². The van der Waals surface area contributed by atoms with Crippen LogP contribution in [0, 0.1) is 6.92 Å². The van der Waals surface area contributed by atoms with Gasteiger partial charge in [-0.05, 0) is 67.9 Å². The number of benzene rings is 1. The summed E-state index contributed by atoms with van der Waals surface area (Å²) in [5.74, 6) is 0.672. The van der Waals surface area contributed by atoms with Gasteiger partial charge in [-0.2, -0.15) is 0 Å². The summed E-state index contributed by atoms with van der Waals surface area (Å²) in [6, 6.07) is 14.9. The summed E-state index contributed by atoms with van der Waals surface area (Å²) in [5.41, 5.74) is 12.6. The minimum Gasteiger partial charge on any atom is -0.351 e. The van der Waals surface area contributed by atoms with E-state index in [-0.39, 0.29) is 5.54 Å². The molecule has 6 nitrogen and oxygen atoms in total. The average molecular weight is 427 g/mol. The van der Waals surface area contributed by atoms with E-state index in [1.165, 1.54) is 5.56 Å². The quantitative estimate of drug-likeness (QED) is 0.457. The number of rotatable bonds is 5. The van der Waals surface area contributed by atoms with Gasteiger partial charge in [0.15, 0.2) is 0 Å². The lowest BCUT2D eigenvalue weighted by Crippen LogP contribution is -2.45. The predicted molar refractivity (Wildman–Crippen MR) is 129 cm³/mol. The Morgan fingerprint density at radius 1 is 1.03 bits per heavy atom. The molecule has 0 radical (unpaired) electrons. The monoisotopic (exact) mass is 426 g/mol. The molecule has 3 N–H and O–H groups in total. The Morgan fingerprint density at radius 2 is 1.81 bits per heavy atom. The molecule has 0 bridgehead atoms. The van der Waals surface area contributed by atoms with E-state index in [1.54, 1.807) is 0 Å². The number of hydrogen-bond donors (Lipinski definition) is 2. The maximum absolute atomic E-state index is 6.46. The van der Waals surface area contributed by atoms with Gasteiger partial charge < -0.3 is 11.1 Å². The van der Waals surface area contributed by atoms with Crippen molar-refractivity contribution >= 4 is 11.6 Å². The minimum absolute atomic E-state index is 0.00948. The molecule has 0 aliphatic heterocycles. The van der Waals surface area contributed by atoms with Crippen molar-refractivity contribution in [3.8, 4) is 22.5 Å². The summed E-state index contributed by atoms with van der Waals surface area (Å²) >= 11 is 0. The van der Waals surface area contributed by atoms with Crippen LogP contribution in [-0.4, -0.2) is 30.9 Å². The van der Waals surface area contributed by atoms with Gasteiger partial charge in [0.05, 0.1) is 17.6 Å². The highest BCUT2D eigenvalue weighted by atomic mass is 15.1. The predicted octanol–water partition coefficient (Wildman–Crippen LogP) is 5.23. The Balaban J connectivity index is 1.45. The van der Waals surface area contributed by atoms with Gasteiger partial charge in [0, 0.05) is 24.0 Å². The minimum atomic E-state index is -0.00948. The van der Waals surface area contributed by atoms with Gasteiger partial charge in [0.2, 0.25) is 5.95 Å². The molecule has 1 aliphatic rings. The molecule has 1 fully saturated rings. The van der Waals surface area contributed by atoms with Gasteiger partial charge in [-0.25, -0.2) is 15.0 Å². The van der Waals surface area contributed by atoms with Gasteiger partial charge in [-0.15, -0.1) is 0 Å². The SMILES string of the molecule is CCC1(N)CCC(Nc2ncc(C)c(-c3cnc4ccc(-c5ccccc5)cn34)n2)CC1. The fourth-order valence-corrected chi connectivity index (χ4v) is 4.60. The van der Waals surface area contributed by atoms with Crippen LogP contribution in [0.5, 0.6) is 0 Å². The van der Waals surface area contributed by atoms with E-state index < -0.39 is 0 Å². The van der Waals surface area contributed by atoms with Crippen molar-refractivity contribution in [2.75, 3.05) is 5.32 Å². The number of aromatic nitrogens is 4. The van der Waals surface area contributed by atoms with Crippen molar-refractivity contribution in [3.05, 3.63) is 66.6 Å². The highest BCUT2D eigenvalue weighted by molar-refractivity contribution is 5.69. The van der Waals surface area contributed by atoms with Crippen LogP contribution in [0.15, 0.2) is 61.1 Å². The van der Waals surface area contributed by atoms with Gasteiger partial charge in [-0.1, -0.05) is 37.3 Å². The van der Waals surface area contributed by atoms with Crippen LogP contribution in [0.1, 0.15) is 44.6 Å². The maximum Gasteiger partial charge on any atom is 0.223 e. The molecule has 1 aliphatic carbocycles. The molecule has 0 unspecified atom stereocenters. The first-order valence-electron chi connectivity index (χ1n) is 11.5. The van der Waals surface area contributed by atoms with Crippen LogP contribution < -0.4 is 11.1 Å². The molecule has 0 amide bonds. The molecular formula is C26H30N6. The van der Waals surface area contributed by atoms with E-state index in [4.69, 9.17) is 10.7 Å². The zero-order valence-electron chi connectivity index (χ0n) is 18.8. The van der Waals surface area contributed by atoms with Gasteiger partial charge in [-0.3, -0.25) is 4.40 Å². The number of imidazole rings is 1. The van der Waals surface area contributed by atoms with Crippen molar-refractivity contribution in [2.24, 2.45) is 5.73 Å². The first kappa shape index (κ1) is 20.6. The van der Waals surface area contributed by atoms with Crippen LogP contribution in [-0.2, 0) is 0 Å². The van der Waals surface area contributed by atoms with E-state index in [0.717, 1.165) is 60.3 Å². The summed E-state index contributed by atoms with van der Waals surface area (Å²) in [4.78, 5) is 14.1. The number of fused-ring (bicyclic) bond motifs is 1. The fraction of sp³-hybridized carbons (Fsp3) is 0.346. The second-order valence-electron chi connectivity index (χ2n) is 9.02. The van der Waals surface area contributed by atoms with Crippen molar-refractivity contribution in [1.29, 1.82) is 0 Å². The normalized spacial score (nSPS) is 21.0. The molecule has 0 spiro atoms. The number of nitrogens with two attached hydrogens (primary N) is 1. The zero-order valence-corrected chi connectivity index (χ0v) is 18.8. The smallest absolute Gasteiger partial charge is 0.223 e. The topological polar surface area (TPSA) is 81.1 Å². The number of pyridine rings is 1. The van der Waals surface area contributed by atoms with E-state index in [9.17, 15) is 0 Å². The number of aryl methyl sites for hydroxylation is 1. The largest absolute Gasteiger partial charge is 0.351 e. The molecule has 0 atom stereocenters. The van der Waals surface area contributed by atoms with Gasteiger partial charge in [0.25, 0.3) is 0 Å². The Bertz CT molecular complexity index is 1220. The van der Waals surface area contributed by atoms with Crippen LogP contribution in [0.25, 0.3) is 28.2 Å². The Morgan fingerprint density at radius 3 is 2.56 bits per heavy atom. The fourth-order valence-electron chi connectivity index (χ4n) is 4.60. The molecule has 5 rings (SSSR count). The van der Waals surface area contributed by atoms with Crippen molar-refractivity contribution < 1.29 is 0 Å². The van der Waals surface area contributed by atoms with Gasteiger partial charge >= 0.3 is 0 Å². The first-order chi connectivity index (χ1) is 15.5. The molecule has 1 saturated carbocycles. The zero-order chi connectivity index (χ0) is 22.1. The average Bonchev–Trinajstić information content (AvgIpc) is 3.25. The van der Waals surface area contributed by atoms with Crippen molar-refractivity contribution in [2.45, 2.75) is 57.5 Å². The molecule has 0 saturated heterocycles. The summed E-state index contributed by atoms with van der Waals surface area (Å²) in [6.45, 7) is 4.23. The lowest BCUT2D eigenvalue weighted by Gasteiger charge is -2.36. The second-order valence-corrected chi connectivity index (χ2v) is 9.02. The number of nitrogens with one attached hydrogen (secondary N) is 1. The third-order valence-corrected chi connectivity index (χ3v) is 6.85. The molecule has 4 aromatic rings. The lowest BCUT2D eigenvalue weighted by atomic mass is 9.78. The highest BCUT2D eigenvalue weighted by Gasteiger charge is 2.30. The first-order valence-corrected chi connectivity index (χ1v) is 11.5. The lowest BCUT2D eigenvalue weighted by molar-refractivity contribution is 0.273. The van der Waals surface area contributed by atoms with Crippen LogP contribution >= 0.6 is 0 Å². The number of nitrogens with zero attached hydrogens (tertiary/aromatic N) is 4. The molecule has 1 aromatic carbocycles. The van der Waals surface area contributed by atoms with Crippen LogP contribution in [0.3, 0.4) is 0 Å². The van der Waals surface area contributed by atoms with Gasteiger partial charge in [0.1, 0.15) is 5.65 Å². The van der Waals surface area contributed by atoms with E-state index in [1.807, 2.05) is 25.4 Å². The summed E-state index contributed by atoms with van der Waals surface area (Å²) in [6.07, 6.45) is 11.1. The third kappa shape index (κ3) is 3.98. The summed E-state index contributed by atoms with van der Waals surface area (Å²) in [5, 5.41) is 3.55. The highest BCUT2D eigenvalue weighted by Crippen LogP contribution is 2.31. The van der Waals surface area contributed by atoms with Crippen molar-refractivity contribution in [1.82, 2.24) is 19.4 Å². The molecular weight excluding hydrogens is 396 g/mol. The number of anilines is 1. The Kier molecular flexibility index (Phi) is 5.39. The molecule has 32 heavy (non-hydrogen) atoms. The summed E-state index contributed by atoms with van der Waals surface area (Å²) < 4.78 is 2.12. The third-order valence-electron chi connectivity index (χ3n) is 6.85. The molecule has 3 aromatic heterocycles. The summed E-state index contributed by atoms with van der Waals surface area (Å²) in [7, 11) is 0. The maximum atomic E-state index is 6.46. The Hall–Kier alpha value is -3.25. The number of hydrogen-bond acceptors (Lipinski definition) is 5. The van der Waals surface area contributed by atoms with Crippen LogP contribution in [0.2, 0.25) is 0 Å². The van der Waals surface area contributed by atoms with E-state index >= 15 is 0 Å². The molecule has 3 heterocycles. The second kappa shape index (κ2) is 8.36. The van der Waals surface area contributed by atoms with E-state index in [2.05, 4.69) is 69.2 Å². The molecule has 6 heteroatoms. The molecule has 164 valence electrons.